The molecule has 1 aromatic heterocycles. The van der Waals surface area contributed by atoms with Crippen LogP contribution in [0, 0.1) is 5.92 Å². The molecule has 14 heteroatoms. The molecule has 0 bridgehead atoms. The zero-order valence-electron chi connectivity index (χ0n) is 25.4. The van der Waals surface area contributed by atoms with Gasteiger partial charge in [-0.3, -0.25) is 9.69 Å². The van der Waals surface area contributed by atoms with Gasteiger partial charge in [0.25, 0.3) is 0 Å². The Morgan fingerprint density at radius 1 is 0.957 bits per heavy atom. The predicted octanol–water partition coefficient (Wildman–Crippen LogP) is 7.67. The fourth-order valence-corrected chi connectivity index (χ4v) is 6.32. The number of amides is 1. The van der Waals surface area contributed by atoms with Gasteiger partial charge in [-0.1, -0.05) is 6.07 Å². The average molecular weight is 664 g/mol. The second-order valence-corrected chi connectivity index (χ2v) is 12.2. The molecule has 6 rings (SSSR count). The van der Waals surface area contributed by atoms with Crippen LogP contribution in [-0.4, -0.2) is 53.3 Å². The molecule has 2 saturated heterocycles. The first-order valence-corrected chi connectivity index (χ1v) is 15.1. The lowest BCUT2D eigenvalue weighted by molar-refractivity contribution is -0.145. The predicted molar refractivity (Wildman–Crippen MR) is 157 cm³/mol. The number of aliphatic carboxylic acids is 1. The quantitative estimate of drug-likeness (QED) is 0.248. The molecule has 1 aliphatic carbocycles. The van der Waals surface area contributed by atoms with Crippen molar-refractivity contribution in [2.24, 2.45) is 5.92 Å². The molecule has 0 unspecified atom stereocenters. The van der Waals surface area contributed by atoms with E-state index in [1.165, 1.54) is 18.9 Å². The van der Waals surface area contributed by atoms with Crippen LogP contribution in [0.5, 0.6) is 5.75 Å². The van der Waals surface area contributed by atoms with Crippen LogP contribution in [0.15, 0.2) is 48.5 Å². The van der Waals surface area contributed by atoms with Gasteiger partial charge in [0.2, 0.25) is 0 Å². The molecule has 0 radical (unpaired) electrons. The van der Waals surface area contributed by atoms with Gasteiger partial charge in [-0.15, -0.1) is 0 Å². The molecule has 3 aromatic rings. The monoisotopic (exact) mass is 663 g/mol. The van der Waals surface area contributed by atoms with Gasteiger partial charge in [0.1, 0.15) is 17.7 Å². The number of rotatable bonds is 8. The van der Waals surface area contributed by atoms with Crippen molar-refractivity contribution in [2.75, 3.05) is 25.1 Å². The lowest BCUT2D eigenvalue weighted by Gasteiger charge is -2.34. The van der Waals surface area contributed by atoms with Gasteiger partial charge in [-0.05, 0) is 85.7 Å². The van der Waals surface area contributed by atoms with Crippen molar-refractivity contribution in [3.63, 3.8) is 0 Å². The summed E-state index contributed by atoms with van der Waals surface area (Å²) in [6, 6.07) is 9.47. The van der Waals surface area contributed by atoms with Crippen LogP contribution in [0.2, 0.25) is 0 Å². The van der Waals surface area contributed by atoms with E-state index >= 15 is 0 Å². The summed E-state index contributed by atoms with van der Waals surface area (Å²) in [5.41, 5.74) is -0.837. The Balaban J connectivity index is 1.36. The molecule has 0 spiro atoms. The van der Waals surface area contributed by atoms with Crippen LogP contribution in [0.1, 0.15) is 66.2 Å². The van der Waals surface area contributed by atoms with Crippen molar-refractivity contribution >= 4 is 17.9 Å². The highest BCUT2D eigenvalue weighted by Gasteiger charge is 2.44. The van der Waals surface area contributed by atoms with Crippen molar-refractivity contribution in [3.05, 3.63) is 76.5 Å². The number of carbonyl (C=O) groups is 2. The number of methoxy groups -OCH3 is 1. The number of hydrogen-bond donors (Lipinski definition) is 1. The first kappa shape index (κ1) is 32.5. The molecule has 3 fully saturated rings. The number of carbonyl (C=O) groups excluding carboxylic acids is 1. The van der Waals surface area contributed by atoms with Crippen LogP contribution >= 0.6 is 0 Å². The summed E-state index contributed by atoms with van der Waals surface area (Å²) < 4.78 is 92.6. The normalized spacial score (nSPS) is 22.9. The Morgan fingerprint density at radius 2 is 1.62 bits per heavy atom. The van der Waals surface area contributed by atoms with Crippen molar-refractivity contribution in [2.45, 2.75) is 63.1 Å². The Labute approximate surface area is 265 Å². The Morgan fingerprint density at radius 3 is 2.17 bits per heavy atom. The van der Waals surface area contributed by atoms with E-state index in [-0.39, 0.29) is 18.5 Å². The summed E-state index contributed by atoms with van der Waals surface area (Å²) in [4.78, 5) is 32.7. The van der Waals surface area contributed by atoms with Gasteiger partial charge in [0, 0.05) is 24.2 Å². The lowest BCUT2D eigenvalue weighted by Crippen LogP contribution is -2.38. The number of hydrogen-bond acceptors (Lipinski definition) is 6. The maximum absolute atomic E-state index is 13.6. The number of anilines is 1. The van der Waals surface area contributed by atoms with Crippen molar-refractivity contribution in [3.8, 4) is 16.9 Å². The van der Waals surface area contributed by atoms with E-state index in [2.05, 4.69) is 0 Å². The molecular weight excluding hydrogens is 632 g/mol. The van der Waals surface area contributed by atoms with Gasteiger partial charge in [0.15, 0.2) is 0 Å². The molecule has 3 heterocycles. The first-order valence-electron chi connectivity index (χ1n) is 15.1. The highest BCUT2D eigenvalue weighted by Crippen LogP contribution is 2.46. The van der Waals surface area contributed by atoms with Crippen molar-refractivity contribution in [1.29, 1.82) is 0 Å². The molecular formula is C33H31F6N3O5. The molecule has 2 atom stereocenters. The number of carboxylic acids is 1. The fraction of sp³-hybridized carbons (Fsp3) is 0.424. The number of ether oxygens (including phenoxy) is 2. The maximum Gasteiger partial charge on any atom is 0.416 e. The van der Waals surface area contributed by atoms with Gasteiger partial charge < -0.3 is 19.5 Å². The third-order valence-corrected chi connectivity index (χ3v) is 9.26. The summed E-state index contributed by atoms with van der Waals surface area (Å²) in [5, 5.41) is 9.34. The molecule has 2 aromatic carbocycles. The molecule has 250 valence electrons. The highest BCUT2D eigenvalue weighted by molar-refractivity contribution is 5.77. The molecule has 1 saturated carbocycles. The van der Waals surface area contributed by atoms with E-state index in [0.717, 1.165) is 25.1 Å². The van der Waals surface area contributed by atoms with Crippen LogP contribution in [0.4, 0.5) is 37.0 Å². The minimum absolute atomic E-state index is 0.0286. The van der Waals surface area contributed by atoms with Crippen LogP contribution in [0.25, 0.3) is 11.1 Å². The summed E-state index contributed by atoms with van der Waals surface area (Å²) in [6.07, 6.45) is -10.5. The molecule has 3 aliphatic rings. The van der Waals surface area contributed by atoms with Crippen molar-refractivity contribution in [1.82, 2.24) is 9.88 Å². The third kappa shape index (κ3) is 6.29. The summed E-state index contributed by atoms with van der Waals surface area (Å²) in [6.45, 7) is 2.89. The van der Waals surface area contributed by atoms with Crippen LogP contribution < -0.4 is 9.64 Å². The number of nitrogens with zero attached hydrogens (tertiary/aromatic N) is 3. The van der Waals surface area contributed by atoms with E-state index in [4.69, 9.17) is 14.5 Å². The zero-order valence-corrected chi connectivity index (χ0v) is 25.4. The Bertz CT molecular complexity index is 1670. The Kier molecular flexibility index (Phi) is 8.25. The topological polar surface area (TPSA) is 92.2 Å². The van der Waals surface area contributed by atoms with Gasteiger partial charge in [0.05, 0.1) is 42.4 Å². The van der Waals surface area contributed by atoms with E-state index in [1.807, 2.05) is 29.2 Å². The summed E-state index contributed by atoms with van der Waals surface area (Å²) in [5.74, 6) is -0.0778. The summed E-state index contributed by atoms with van der Waals surface area (Å²) >= 11 is 0. The second-order valence-electron chi connectivity index (χ2n) is 12.2. The number of alkyl halides is 6. The number of carboxylic acid groups (broad SMARTS) is 1. The fourth-order valence-electron chi connectivity index (χ4n) is 6.32. The minimum Gasteiger partial charge on any atom is -0.496 e. The summed E-state index contributed by atoms with van der Waals surface area (Å²) in [7, 11) is 1.50. The molecule has 1 N–H and O–H groups in total. The molecule has 8 nitrogen and oxygen atoms in total. The largest absolute Gasteiger partial charge is 0.496 e. The Hall–Kier alpha value is -4.49. The highest BCUT2D eigenvalue weighted by atomic mass is 19.4. The standard InChI is InChI=1S/C33H31F6N3O5/c1-17-29(20-12-22(32(34,35)36)15-23(13-20)33(37,38)39)47-31(45)42(17)16-26-24(5-7-28(40-26)41-8-3-9-41)25-14-18(4-6-27(25)46-2)19-10-21(11-19)30(43)44/h4-7,12-15,17,19,21,29H,3,8-11,16H2,1-2H3,(H,43,44)/t17-,19-,21+,29-/m0/s1. The molecule has 2 aliphatic heterocycles. The van der Waals surface area contributed by atoms with Gasteiger partial charge in [-0.25, -0.2) is 9.78 Å². The van der Waals surface area contributed by atoms with Crippen LogP contribution in [0.3, 0.4) is 0 Å². The molecule has 1 amide bonds. The third-order valence-electron chi connectivity index (χ3n) is 9.26. The number of benzene rings is 2. The number of aromatic nitrogens is 1. The zero-order chi connectivity index (χ0) is 33.8. The van der Waals surface area contributed by atoms with Crippen molar-refractivity contribution < 1.29 is 50.5 Å². The second kappa shape index (κ2) is 11.9. The van der Waals surface area contributed by atoms with E-state index in [9.17, 15) is 41.0 Å². The molecule has 47 heavy (non-hydrogen) atoms. The van der Waals surface area contributed by atoms with Gasteiger partial charge in [-0.2, -0.15) is 26.3 Å². The van der Waals surface area contributed by atoms with Gasteiger partial charge >= 0.3 is 24.4 Å². The average Bonchev–Trinajstić information content (AvgIpc) is 3.23. The number of pyridine rings is 1. The van der Waals surface area contributed by atoms with Crippen LogP contribution in [-0.2, 0) is 28.4 Å². The first-order chi connectivity index (χ1) is 22.1. The van der Waals surface area contributed by atoms with E-state index in [0.29, 0.717) is 53.4 Å². The smallest absolute Gasteiger partial charge is 0.416 e. The lowest BCUT2D eigenvalue weighted by atomic mass is 9.71. The maximum atomic E-state index is 13.6. The van der Waals surface area contributed by atoms with E-state index < -0.39 is 59.2 Å². The SMILES string of the molecule is COc1ccc([C@H]2C[C@@H](C(=O)O)C2)cc1-c1ccc(N2CCC2)nc1CN1C(=O)O[C@H](c2cc(C(F)(F)F)cc(C(F)(F)F)c2)[C@@H]1C. The minimum atomic E-state index is -5.06. The number of halogens is 6. The number of cyclic esters (lactones) is 1. The van der Waals surface area contributed by atoms with E-state index in [1.54, 1.807) is 6.07 Å².